The third-order valence-electron chi connectivity index (χ3n) is 2.76. The van der Waals surface area contributed by atoms with Crippen LogP contribution in [0.1, 0.15) is 20.1 Å². The molecule has 0 bridgehead atoms. The van der Waals surface area contributed by atoms with Gasteiger partial charge in [0.25, 0.3) is 5.91 Å². The molecule has 6 nitrogen and oxygen atoms in total. The number of methoxy groups -OCH3 is 1. The fraction of sp³-hybridized carbons (Fsp3) is 0.214. The molecule has 1 heterocycles. The van der Waals surface area contributed by atoms with Crippen molar-refractivity contribution in [3.8, 4) is 5.75 Å². The summed E-state index contributed by atoms with van der Waals surface area (Å²) in [7, 11) is 1.61. The van der Waals surface area contributed by atoms with Crippen molar-refractivity contribution in [1.82, 2.24) is 5.32 Å². The minimum atomic E-state index is -0.144. The normalized spacial score (nSPS) is 9.76. The molecule has 2 rings (SSSR count). The van der Waals surface area contributed by atoms with Crippen LogP contribution in [0, 0.1) is 0 Å². The van der Waals surface area contributed by atoms with Crippen LogP contribution in [0.4, 0.5) is 0 Å². The molecule has 0 saturated carbocycles. The summed E-state index contributed by atoms with van der Waals surface area (Å²) in [5.74, 6) is 0.615. The van der Waals surface area contributed by atoms with Gasteiger partial charge in [0, 0.05) is 16.3 Å². The first-order valence-corrected chi connectivity index (χ1v) is 7.05. The predicted octanol–water partition coefficient (Wildman–Crippen LogP) is 3.50. The molecule has 0 aliphatic carbocycles. The summed E-state index contributed by atoms with van der Waals surface area (Å²) in [6.45, 7) is 0.698. The first-order valence-electron chi connectivity index (χ1n) is 6.23. The van der Waals surface area contributed by atoms with E-state index in [2.05, 4.69) is 15.3 Å². The number of thiophene rings is 1. The molecule has 21 heavy (non-hydrogen) atoms. The van der Waals surface area contributed by atoms with Gasteiger partial charge in [-0.3, -0.25) is 4.79 Å². The van der Waals surface area contributed by atoms with Crippen LogP contribution in [-0.2, 0) is 13.1 Å². The van der Waals surface area contributed by atoms with Crippen molar-refractivity contribution in [1.29, 1.82) is 0 Å². The lowest BCUT2D eigenvalue weighted by atomic mass is 10.2. The van der Waals surface area contributed by atoms with Crippen LogP contribution in [0.15, 0.2) is 41.5 Å². The molecular formula is C14H14N4O2S. The lowest BCUT2D eigenvalue weighted by Gasteiger charge is -2.05. The SMILES string of the molecule is COc1cccc(CNC(=O)c2ccc(CN=[N+]=[N-])s2)c1. The summed E-state index contributed by atoms with van der Waals surface area (Å²) in [6, 6.07) is 11.1. The maximum absolute atomic E-state index is 12.0. The van der Waals surface area contributed by atoms with Crippen molar-refractivity contribution >= 4 is 17.2 Å². The Morgan fingerprint density at radius 3 is 3.05 bits per heavy atom. The van der Waals surface area contributed by atoms with Gasteiger partial charge in [0.2, 0.25) is 0 Å². The van der Waals surface area contributed by atoms with Crippen molar-refractivity contribution in [3.05, 3.63) is 62.2 Å². The Kier molecular flexibility index (Phi) is 5.20. The molecule has 2 aromatic rings. The third kappa shape index (κ3) is 4.24. The lowest BCUT2D eigenvalue weighted by molar-refractivity contribution is 0.0955. The van der Waals surface area contributed by atoms with E-state index < -0.39 is 0 Å². The summed E-state index contributed by atoms with van der Waals surface area (Å²) in [6.07, 6.45) is 0. The number of rotatable bonds is 6. The molecule has 0 aliphatic heterocycles. The fourth-order valence-corrected chi connectivity index (χ4v) is 2.58. The number of ether oxygens (including phenoxy) is 1. The molecule has 108 valence electrons. The molecule has 7 heteroatoms. The molecule has 0 radical (unpaired) electrons. The van der Waals surface area contributed by atoms with Gasteiger partial charge in [0.05, 0.1) is 18.5 Å². The first kappa shape index (κ1) is 14.9. The highest BCUT2D eigenvalue weighted by Gasteiger charge is 2.08. The molecule has 0 aliphatic rings. The van der Waals surface area contributed by atoms with Crippen LogP contribution in [0.2, 0.25) is 0 Å². The number of benzene rings is 1. The maximum atomic E-state index is 12.0. The van der Waals surface area contributed by atoms with Gasteiger partial charge in [-0.15, -0.1) is 11.3 Å². The van der Waals surface area contributed by atoms with Gasteiger partial charge >= 0.3 is 0 Å². The van der Waals surface area contributed by atoms with Gasteiger partial charge in [-0.05, 0) is 35.4 Å². The highest BCUT2D eigenvalue weighted by Crippen LogP contribution is 2.18. The standard InChI is InChI=1S/C14H14N4O2S/c1-20-11-4-2-3-10(7-11)8-16-14(19)13-6-5-12(21-13)9-17-18-15/h2-7H,8-9H2,1H3,(H,16,19). The van der Waals surface area contributed by atoms with Gasteiger partial charge in [-0.25, -0.2) is 0 Å². The van der Waals surface area contributed by atoms with E-state index in [9.17, 15) is 4.79 Å². The Balaban J connectivity index is 1.94. The second kappa shape index (κ2) is 7.33. The highest BCUT2D eigenvalue weighted by molar-refractivity contribution is 7.14. The van der Waals surface area contributed by atoms with Gasteiger partial charge in [0.1, 0.15) is 5.75 Å². The summed E-state index contributed by atoms with van der Waals surface area (Å²) < 4.78 is 5.14. The zero-order valence-corrected chi connectivity index (χ0v) is 12.3. The monoisotopic (exact) mass is 302 g/mol. The van der Waals surface area contributed by atoms with E-state index in [-0.39, 0.29) is 12.5 Å². The van der Waals surface area contributed by atoms with E-state index in [1.54, 1.807) is 19.2 Å². The molecule has 0 atom stereocenters. The lowest BCUT2D eigenvalue weighted by Crippen LogP contribution is -2.21. The van der Waals surface area contributed by atoms with Crippen LogP contribution < -0.4 is 10.1 Å². The fourth-order valence-electron chi connectivity index (χ4n) is 1.74. The first-order chi connectivity index (χ1) is 10.2. The van der Waals surface area contributed by atoms with Crippen LogP contribution in [0.5, 0.6) is 5.75 Å². The molecule has 0 unspecified atom stereocenters. The second-order valence-corrected chi connectivity index (χ2v) is 5.36. The minimum Gasteiger partial charge on any atom is -0.497 e. The quantitative estimate of drug-likeness (QED) is 0.503. The van der Waals surface area contributed by atoms with Crippen molar-refractivity contribution in [2.45, 2.75) is 13.1 Å². The topological polar surface area (TPSA) is 87.1 Å². The molecule has 0 fully saturated rings. The summed E-state index contributed by atoms with van der Waals surface area (Å²) in [4.78, 5) is 16.2. The Bertz CT molecular complexity index is 677. The molecular weight excluding hydrogens is 288 g/mol. The van der Waals surface area contributed by atoms with E-state index in [1.165, 1.54) is 11.3 Å². The number of carbonyl (C=O) groups excluding carboxylic acids is 1. The number of hydrogen-bond acceptors (Lipinski definition) is 4. The Morgan fingerprint density at radius 2 is 2.29 bits per heavy atom. The van der Waals surface area contributed by atoms with E-state index in [4.69, 9.17) is 10.3 Å². The van der Waals surface area contributed by atoms with Crippen LogP contribution in [0.3, 0.4) is 0 Å². The average Bonchev–Trinajstić information content (AvgIpc) is 2.99. The Hall–Kier alpha value is -2.50. The maximum Gasteiger partial charge on any atom is 0.261 e. The summed E-state index contributed by atoms with van der Waals surface area (Å²) in [5, 5.41) is 6.32. The van der Waals surface area contributed by atoms with Crippen LogP contribution >= 0.6 is 11.3 Å². The van der Waals surface area contributed by atoms with Crippen molar-refractivity contribution in [2.24, 2.45) is 5.11 Å². The van der Waals surface area contributed by atoms with Crippen molar-refractivity contribution in [3.63, 3.8) is 0 Å². The van der Waals surface area contributed by atoms with Crippen molar-refractivity contribution in [2.75, 3.05) is 7.11 Å². The zero-order valence-electron chi connectivity index (χ0n) is 11.4. The molecule has 0 saturated heterocycles. The summed E-state index contributed by atoms with van der Waals surface area (Å²) in [5.41, 5.74) is 9.24. The van der Waals surface area contributed by atoms with E-state index >= 15 is 0 Å². The van der Waals surface area contributed by atoms with Gasteiger partial charge in [0.15, 0.2) is 0 Å². The zero-order chi connectivity index (χ0) is 15.1. The molecule has 0 spiro atoms. The highest BCUT2D eigenvalue weighted by atomic mass is 32.1. The number of nitrogens with one attached hydrogen (secondary N) is 1. The van der Waals surface area contributed by atoms with E-state index in [0.29, 0.717) is 11.4 Å². The molecule has 1 aromatic carbocycles. The summed E-state index contributed by atoms with van der Waals surface area (Å²) >= 11 is 1.32. The van der Waals surface area contributed by atoms with E-state index in [1.807, 2.05) is 24.3 Å². The largest absolute Gasteiger partial charge is 0.497 e. The van der Waals surface area contributed by atoms with Gasteiger partial charge in [-0.1, -0.05) is 17.2 Å². The van der Waals surface area contributed by atoms with Gasteiger partial charge < -0.3 is 10.1 Å². The number of hydrogen-bond donors (Lipinski definition) is 1. The Labute approximate surface area is 126 Å². The number of amides is 1. The predicted molar refractivity (Wildman–Crippen MR) is 81.3 cm³/mol. The van der Waals surface area contributed by atoms with Crippen LogP contribution in [0.25, 0.3) is 10.4 Å². The number of nitrogens with zero attached hydrogens (tertiary/aromatic N) is 3. The number of azide groups is 1. The van der Waals surface area contributed by atoms with Crippen LogP contribution in [-0.4, -0.2) is 13.0 Å². The molecule has 1 N–H and O–H groups in total. The van der Waals surface area contributed by atoms with E-state index in [0.717, 1.165) is 16.2 Å². The average molecular weight is 302 g/mol. The third-order valence-corrected chi connectivity index (χ3v) is 3.83. The van der Waals surface area contributed by atoms with Crippen molar-refractivity contribution < 1.29 is 9.53 Å². The second-order valence-electron chi connectivity index (χ2n) is 4.19. The number of carbonyl (C=O) groups is 1. The van der Waals surface area contributed by atoms with Gasteiger partial charge in [-0.2, -0.15) is 0 Å². The Morgan fingerprint density at radius 1 is 1.43 bits per heavy atom. The smallest absolute Gasteiger partial charge is 0.261 e. The molecule has 1 aromatic heterocycles. The molecule has 1 amide bonds. The minimum absolute atomic E-state index is 0.144.